The lowest BCUT2D eigenvalue weighted by Crippen LogP contribution is -2.14. The molecule has 0 aromatic heterocycles. The van der Waals surface area contributed by atoms with Crippen molar-refractivity contribution in [2.75, 3.05) is 12.4 Å². The highest BCUT2D eigenvalue weighted by Gasteiger charge is 2.28. The molecule has 0 spiro atoms. The normalized spacial score (nSPS) is 11.2. The van der Waals surface area contributed by atoms with Crippen LogP contribution in [0.15, 0.2) is 77.2 Å². The van der Waals surface area contributed by atoms with E-state index in [-0.39, 0.29) is 28.4 Å². The topological polar surface area (TPSA) is 192 Å². The molecular weight excluding hydrogens is 508 g/mol. The van der Waals surface area contributed by atoms with Crippen molar-refractivity contribution in [1.82, 2.24) is 0 Å². The molecule has 3 aromatic carbocycles. The van der Waals surface area contributed by atoms with Crippen LogP contribution < -0.4 is 14.2 Å². The number of ether oxygens (including phenoxy) is 1. The largest absolute Gasteiger partial charge is 0.493 e. The molecular formula is C23H16N4O9S. The van der Waals surface area contributed by atoms with Crippen LogP contribution in [0.3, 0.4) is 0 Å². The first-order valence-electron chi connectivity index (χ1n) is 10.1. The maximum absolute atomic E-state index is 12.8. The molecule has 0 aliphatic rings. The number of amides is 1. The molecule has 0 heterocycles. The summed E-state index contributed by atoms with van der Waals surface area (Å²) in [6, 6.07) is 15.3. The van der Waals surface area contributed by atoms with Crippen LogP contribution in [0.4, 0.5) is 17.1 Å². The number of nitrogens with one attached hydrogen (secondary N) is 1. The molecule has 14 heteroatoms. The predicted molar refractivity (Wildman–Crippen MR) is 129 cm³/mol. The van der Waals surface area contributed by atoms with Crippen molar-refractivity contribution in [3.05, 3.63) is 98.1 Å². The van der Waals surface area contributed by atoms with Gasteiger partial charge in [0.2, 0.25) is 0 Å². The minimum absolute atomic E-state index is 0.0427. The standard InChI is InChI=1S/C23H16N4O9S/c1-35-20-10-9-15(11-16(14-24)23(28)25-17-5-4-6-18(13-17)26(29)30)12-21(20)36-37(33,34)22-8-3-2-7-19(22)27(31)32/h2-13H,1H3,(H,25,28)/b16-11+. The average Bonchev–Trinajstić information content (AvgIpc) is 2.87. The summed E-state index contributed by atoms with van der Waals surface area (Å²) in [5.41, 5.74) is -1.14. The van der Waals surface area contributed by atoms with Gasteiger partial charge in [0.25, 0.3) is 17.3 Å². The zero-order valence-electron chi connectivity index (χ0n) is 18.9. The molecule has 0 fully saturated rings. The minimum atomic E-state index is -4.68. The van der Waals surface area contributed by atoms with Crippen LogP contribution in [-0.4, -0.2) is 31.3 Å². The third-order valence-corrected chi connectivity index (χ3v) is 5.99. The van der Waals surface area contributed by atoms with Gasteiger partial charge < -0.3 is 14.2 Å². The monoisotopic (exact) mass is 524 g/mol. The van der Waals surface area contributed by atoms with E-state index in [2.05, 4.69) is 5.32 Å². The number of hydrogen-bond donors (Lipinski definition) is 1. The summed E-state index contributed by atoms with van der Waals surface area (Å²) in [4.78, 5) is 32.5. The number of nitriles is 1. The molecule has 0 radical (unpaired) electrons. The molecule has 1 amide bonds. The van der Waals surface area contributed by atoms with E-state index in [0.717, 1.165) is 30.3 Å². The van der Waals surface area contributed by atoms with Crippen LogP contribution >= 0.6 is 0 Å². The van der Waals surface area contributed by atoms with E-state index < -0.39 is 42.0 Å². The fraction of sp³-hybridized carbons (Fsp3) is 0.0435. The summed E-state index contributed by atoms with van der Waals surface area (Å²) >= 11 is 0. The van der Waals surface area contributed by atoms with Gasteiger partial charge in [0, 0.05) is 23.9 Å². The van der Waals surface area contributed by atoms with Crippen molar-refractivity contribution >= 4 is 39.2 Å². The molecule has 37 heavy (non-hydrogen) atoms. The van der Waals surface area contributed by atoms with Gasteiger partial charge >= 0.3 is 10.1 Å². The highest BCUT2D eigenvalue weighted by atomic mass is 32.2. The number of non-ortho nitro benzene ring substituents is 1. The van der Waals surface area contributed by atoms with E-state index in [0.29, 0.717) is 0 Å². The van der Waals surface area contributed by atoms with Gasteiger partial charge in [0.1, 0.15) is 11.6 Å². The Hall–Kier alpha value is -5.29. The smallest absolute Gasteiger partial charge is 0.346 e. The average molecular weight is 524 g/mol. The molecule has 1 N–H and O–H groups in total. The Kier molecular flexibility index (Phi) is 7.80. The van der Waals surface area contributed by atoms with Gasteiger partial charge in [0.05, 0.1) is 17.0 Å². The number of methoxy groups -OCH3 is 1. The number of hydrogen-bond acceptors (Lipinski definition) is 10. The number of carbonyl (C=O) groups excluding carboxylic acids is 1. The predicted octanol–water partition coefficient (Wildman–Crippen LogP) is 3.82. The van der Waals surface area contributed by atoms with Gasteiger partial charge in [-0.1, -0.05) is 24.3 Å². The zero-order chi connectivity index (χ0) is 27.2. The van der Waals surface area contributed by atoms with Crippen LogP contribution in [0.25, 0.3) is 6.08 Å². The molecule has 3 aromatic rings. The van der Waals surface area contributed by atoms with E-state index in [9.17, 15) is 38.7 Å². The third kappa shape index (κ3) is 6.24. The number of nitro groups is 2. The Labute approximate surface area is 209 Å². The van der Waals surface area contributed by atoms with Crippen LogP contribution in [0.5, 0.6) is 11.5 Å². The maximum atomic E-state index is 12.8. The Balaban J connectivity index is 1.94. The van der Waals surface area contributed by atoms with E-state index in [1.165, 1.54) is 49.6 Å². The molecule has 0 aliphatic heterocycles. The SMILES string of the molecule is COc1ccc(/C=C(\C#N)C(=O)Nc2cccc([N+](=O)[O-])c2)cc1OS(=O)(=O)c1ccccc1[N+](=O)[O-]. The fourth-order valence-corrected chi connectivity index (χ4v) is 4.14. The molecule has 0 atom stereocenters. The number of benzene rings is 3. The van der Waals surface area contributed by atoms with Gasteiger partial charge in [-0.05, 0) is 35.9 Å². The van der Waals surface area contributed by atoms with Gasteiger partial charge in [0.15, 0.2) is 16.4 Å². The molecule has 0 aliphatic carbocycles. The van der Waals surface area contributed by atoms with Crippen LogP contribution in [0, 0.1) is 31.6 Å². The maximum Gasteiger partial charge on any atom is 0.346 e. The number of anilines is 1. The summed E-state index contributed by atoms with van der Waals surface area (Å²) in [5, 5.41) is 34.0. The summed E-state index contributed by atoms with van der Waals surface area (Å²) < 4.78 is 35.8. The second-order valence-electron chi connectivity index (χ2n) is 7.10. The number of rotatable bonds is 9. The molecule has 3 rings (SSSR count). The summed E-state index contributed by atoms with van der Waals surface area (Å²) in [6.45, 7) is 0. The van der Waals surface area contributed by atoms with E-state index in [1.807, 2.05) is 0 Å². The Morgan fingerprint density at radius 3 is 2.38 bits per heavy atom. The van der Waals surface area contributed by atoms with Crippen molar-refractivity contribution in [2.24, 2.45) is 0 Å². The number of carbonyl (C=O) groups is 1. The van der Waals surface area contributed by atoms with Gasteiger partial charge in [-0.25, -0.2) is 0 Å². The third-order valence-electron chi connectivity index (χ3n) is 4.71. The highest BCUT2D eigenvalue weighted by molar-refractivity contribution is 7.87. The lowest BCUT2D eigenvalue weighted by molar-refractivity contribution is -0.387. The number of para-hydroxylation sites is 1. The second kappa shape index (κ2) is 11.0. The van der Waals surface area contributed by atoms with Gasteiger partial charge in [-0.3, -0.25) is 25.0 Å². The van der Waals surface area contributed by atoms with Crippen molar-refractivity contribution < 1.29 is 32.0 Å². The molecule has 0 bridgehead atoms. The van der Waals surface area contributed by atoms with Crippen molar-refractivity contribution in [3.8, 4) is 17.6 Å². The minimum Gasteiger partial charge on any atom is -0.493 e. The van der Waals surface area contributed by atoms with E-state index in [4.69, 9.17) is 8.92 Å². The van der Waals surface area contributed by atoms with Crippen LogP contribution in [-0.2, 0) is 14.9 Å². The second-order valence-corrected chi connectivity index (χ2v) is 8.62. The highest BCUT2D eigenvalue weighted by Crippen LogP contribution is 2.33. The number of nitrogens with zero attached hydrogens (tertiary/aromatic N) is 3. The Morgan fingerprint density at radius 2 is 1.73 bits per heavy atom. The first kappa shape index (κ1) is 26.3. The lowest BCUT2D eigenvalue weighted by Gasteiger charge is -2.12. The molecule has 0 unspecified atom stereocenters. The van der Waals surface area contributed by atoms with E-state index in [1.54, 1.807) is 6.07 Å². The zero-order valence-corrected chi connectivity index (χ0v) is 19.7. The Bertz CT molecular complexity index is 1580. The summed E-state index contributed by atoms with van der Waals surface area (Å²) in [5.74, 6) is -1.28. The van der Waals surface area contributed by atoms with E-state index >= 15 is 0 Å². The molecule has 13 nitrogen and oxygen atoms in total. The van der Waals surface area contributed by atoms with Crippen molar-refractivity contribution in [2.45, 2.75) is 4.90 Å². The first-order valence-corrected chi connectivity index (χ1v) is 11.5. The summed E-state index contributed by atoms with van der Waals surface area (Å²) in [7, 11) is -3.44. The first-order chi connectivity index (χ1) is 17.6. The lowest BCUT2D eigenvalue weighted by atomic mass is 10.1. The molecule has 188 valence electrons. The summed E-state index contributed by atoms with van der Waals surface area (Å²) in [6.07, 6.45) is 1.12. The Morgan fingerprint density at radius 1 is 1.00 bits per heavy atom. The number of nitro benzene ring substituents is 2. The quantitative estimate of drug-likeness (QED) is 0.141. The van der Waals surface area contributed by atoms with Crippen molar-refractivity contribution in [3.63, 3.8) is 0 Å². The molecule has 0 saturated carbocycles. The molecule has 0 saturated heterocycles. The fourth-order valence-electron chi connectivity index (χ4n) is 3.04. The van der Waals surface area contributed by atoms with Crippen LogP contribution in [0.2, 0.25) is 0 Å². The van der Waals surface area contributed by atoms with Crippen LogP contribution in [0.1, 0.15) is 5.56 Å². The van der Waals surface area contributed by atoms with Gasteiger partial charge in [-0.2, -0.15) is 13.7 Å². The van der Waals surface area contributed by atoms with Crippen molar-refractivity contribution in [1.29, 1.82) is 5.26 Å². The van der Waals surface area contributed by atoms with Gasteiger partial charge in [-0.15, -0.1) is 0 Å².